The minimum atomic E-state index is 0. The van der Waals surface area contributed by atoms with Crippen LogP contribution in [-0.4, -0.2) is 58.9 Å². The van der Waals surface area contributed by atoms with E-state index in [1.54, 1.807) is 14.2 Å². The molecule has 1 aliphatic rings. The monoisotopic (exact) mass is 505 g/mol. The molecule has 0 aromatic heterocycles. The number of halogens is 1. The van der Waals surface area contributed by atoms with E-state index in [-0.39, 0.29) is 24.0 Å². The predicted molar refractivity (Wildman–Crippen MR) is 125 cm³/mol. The van der Waals surface area contributed by atoms with Crippen molar-refractivity contribution in [3.63, 3.8) is 0 Å². The van der Waals surface area contributed by atoms with Crippen LogP contribution in [0.15, 0.2) is 17.1 Å². The topological polar surface area (TPSA) is 55.3 Å². The van der Waals surface area contributed by atoms with Gasteiger partial charge in [-0.15, -0.1) is 24.0 Å². The number of ether oxygens (including phenoxy) is 3. The van der Waals surface area contributed by atoms with E-state index in [4.69, 9.17) is 14.2 Å². The highest BCUT2D eigenvalue weighted by molar-refractivity contribution is 14.0. The number of methoxy groups -OCH3 is 2. The van der Waals surface area contributed by atoms with E-state index in [1.165, 1.54) is 24.0 Å². The number of nitrogens with zero attached hydrogens (tertiary/aromatic N) is 2. The summed E-state index contributed by atoms with van der Waals surface area (Å²) in [5, 5.41) is 3.55. The molecule has 1 N–H and O–H groups in total. The Kier molecular flexibility index (Phi) is 10.4. The third-order valence-corrected chi connectivity index (χ3v) is 5.38. The van der Waals surface area contributed by atoms with E-state index >= 15 is 0 Å². The SMILES string of the molecule is CCOCCC1(CNC(=NC)N(C)Cc2cc(OC)c(OC)cc2C)CC1.I. The number of benzene rings is 1. The fourth-order valence-electron chi connectivity index (χ4n) is 3.30. The first-order valence-corrected chi connectivity index (χ1v) is 9.69. The summed E-state index contributed by atoms with van der Waals surface area (Å²) in [6.07, 6.45) is 3.65. The first-order chi connectivity index (χ1) is 13.0. The van der Waals surface area contributed by atoms with E-state index in [0.717, 1.165) is 50.2 Å². The van der Waals surface area contributed by atoms with Gasteiger partial charge in [0.25, 0.3) is 0 Å². The second kappa shape index (κ2) is 11.7. The van der Waals surface area contributed by atoms with Crippen LogP contribution in [0.4, 0.5) is 0 Å². The zero-order valence-electron chi connectivity index (χ0n) is 18.1. The fourth-order valence-corrected chi connectivity index (χ4v) is 3.30. The molecule has 0 heterocycles. The minimum absolute atomic E-state index is 0. The molecule has 0 saturated heterocycles. The van der Waals surface area contributed by atoms with Gasteiger partial charge in [0.15, 0.2) is 17.5 Å². The van der Waals surface area contributed by atoms with Crippen LogP contribution in [0.25, 0.3) is 0 Å². The van der Waals surface area contributed by atoms with Crippen molar-refractivity contribution in [2.45, 2.75) is 39.7 Å². The normalized spacial score (nSPS) is 14.9. The molecule has 6 nitrogen and oxygen atoms in total. The van der Waals surface area contributed by atoms with E-state index < -0.39 is 0 Å². The number of guanidine groups is 1. The van der Waals surface area contributed by atoms with Crippen molar-refractivity contribution >= 4 is 29.9 Å². The second-order valence-corrected chi connectivity index (χ2v) is 7.34. The summed E-state index contributed by atoms with van der Waals surface area (Å²) in [7, 11) is 7.22. The van der Waals surface area contributed by atoms with E-state index in [1.807, 2.05) is 26.1 Å². The van der Waals surface area contributed by atoms with Crippen molar-refractivity contribution in [2.24, 2.45) is 10.4 Å². The van der Waals surface area contributed by atoms with Gasteiger partial charge in [0, 0.05) is 40.4 Å². The number of hydrogen-bond donors (Lipinski definition) is 1. The van der Waals surface area contributed by atoms with Gasteiger partial charge in [-0.25, -0.2) is 0 Å². The van der Waals surface area contributed by atoms with Gasteiger partial charge in [0.1, 0.15) is 0 Å². The Balaban J connectivity index is 0.00000392. The highest BCUT2D eigenvalue weighted by Crippen LogP contribution is 2.48. The van der Waals surface area contributed by atoms with Gasteiger partial charge in [0.05, 0.1) is 14.2 Å². The van der Waals surface area contributed by atoms with Gasteiger partial charge in [-0.2, -0.15) is 0 Å². The largest absolute Gasteiger partial charge is 0.493 e. The number of aryl methyl sites for hydroxylation is 1. The van der Waals surface area contributed by atoms with Crippen molar-refractivity contribution in [1.29, 1.82) is 0 Å². The highest BCUT2D eigenvalue weighted by atomic mass is 127. The first kappa shape index (κ1) is 24.8. The molecule has 1 fully saturated rings. The van der Waals surface area contributed by atoms with Crippen LogP contribution < -0.4 is 14.8 Å². The maximum atomic E-state index is 5.53. The maximum absolute atomic E-state index is 5.53. The number of aliphatic imine (C=N–C) groups is 1. The van der Waals surface area contributed by atoms with Crippen molar-refractivity contribution in [3.8, 4) is 11.5 Å². The Morgan fingerprint density at radius 1 is 1.21 bits per heavy atom. The van der Waals surface area contributed by atoms with Crippen molar-refractivity contribution in [1.82, 2.24) is 10.2 Å². The third-order valence-electron chi connectivity index (χ3n) is 5.38. The summed E-state index contributed by atoms with van der Waals surface area (Å²) < 4.78 is 16.4. The van der Waals surface area contributed by atoms with Crippen LogP contribution in [0.2, 0.25) is 0 Å². The summed E-state index contributed by atoms with van der Waals surface area (Å²) in [6, 6.07) is 4.06. The van der Waals surface area contributed by atoms with Crippen molar-refractivity contribution < 1.29 is 14.2 Å². The molecular weight excluding hydrogens is 469 g/mol. The lowest BCUT2D eigenvalue weighted by atomic mass is 10.0. The van der Waals surface area contributed by atoms with Gasteiger partial charge < -0.3 is 24.4 Å². The first-order valence-electron chi connectivity index (χ1n) is 9.69. The summed E-state index contributed by atoms with van der Waals surface area (Å²) in [5.74, 6) is 2.42. The second-order valence-electron chi connectivity index (χ2n) is 7.34. The third kappa shape index (κ3) is 6.69. The molecule has 160 valence electrons. The number of rotatable bonds is 10. The van der Waals surface area contributed by atoms with Crippen LogP contribution >= 0.6 is 24.0 Å². The average molecular weight is 505 g/mol. The lowest BCUT2D eigenvalue weighted by Crippen LogP contribution is -2.41. The van der Waals surface area contributed by atoms with Crippen LogP contribution in [0, 0.1) is 12.3 Å². The summed E-state index contributed by atoms with van der Waals surface area (Å²) >= 11 is 0. The van der Waals surface area contributed by atoms with E-state index in [0.29, 0.717) is 5.41 Å². The Morgan fingerprint density at radius 3 is 2.39 bits per heavy atom. The molecule has 0 atom stereocenters. The van der Waals surface area contributed by atoms with Crippen molar-refractivity contribution in [3.05, 3.63) is 23.3 Å². The Morgan fingerprint density at radius 2 is 1.86 bits per heavy atom. The summed E-state index contributed by atoms with van der Waals surface area (Å²) in [5.41, 5.74) is 2.74. The Labute approximate surface area is 187 Å². The number of hydrogen-bond acceptors (Lipinski definition) is 4. The van der Waals surface area contributed by atoms with Gasteiger partial charge >= 0.3 is 0 Å². The molecule has 1 aromatic rings. The maximum Gasteiger partial charge on any atom is 0.193 e. The molecule has 1 aliphatic carbocycles. The smallest absolute Gasteiger partial charge is 0.193 e. The number of nitrogens with one attached hydrogen (secondary N) is 1. The summed E-state index contributed by atoms with van der Waals surface area (Å²) in [6.45, 7) is 7.47. The van der Waals surface area contributed by atoms with Gasteiger partial charge in [-0.05, 0) is 61.8 Å². The highest BCUT2D eigenvalue weighted by Gasteiger charge is 2.42. The van der Waals surface area contributed by atoms with E-state index in [9.17, 15) is 0 Å². The molecule has 0 bridgehead atoms. The molecule has 0 radical (unpaired) electrons. The van der Waals surface area contributed by atoms with Gasteiger partial charge in [-0.3, -0.25) is 4.99 Å². The summed E-state index contributed by atoms with van der Waals surface area (Å²) in [4.78, 5) is 6.61. The molecule has 0 amide bonds. The Hall–Kier alpha value is -1.22. The molecular formula is C21H36IN3O3. The molecule has 0 aliphatic heterocycles. The van der Waals surface area contributed by atoms with E-state index in [2.05, 4.69) is 29.2 Å². The van der Waals surface area contributed by atoms with Gasteiger partial charge in [-0.1, -0.05) is 0 Å². The average Bonchev–Trinajstić information content (AvgIpc) is 3.43. The van der Waals surface area contributed by atoms with Crippen molar-refractivity contribution in [2.75, 3.05) is 48.1 Å². The molecule has 2 rings (SSSR count). The minimum Gasteiger partial charge on any atom is -0.493 e. The Bertz CT molecular complexity index is 648. The molecule has 28 heavy (non-hydrogen) atoms. The van der Waals surface area contributed by atoms with Crippen LogP contribution in [0.3, 0.4) is 0 Å². The van der Waals surface area contributed by atoms with Crippen LogP contribution in [0.1, 0.15) is 37.3 Å². The molecule has 1 aromatic carbocycles. The van der Waals surface area contributed by atoms with Crippen LogP contribution in [-0.2, 0) is 11.3 Å². The van der Waals surface area contributed by atoms with Crippen LogP contribution in [0.5, 0.6) is 11.5 Å². The predicted octanol–water partition coefficient (Wildman–Crippen LogP) is 3.84. The molecule has 1 saturated carbocycles. The quantitative estimate of drug-likeness (QED) is 0.227. The molecule has 0 unspecified atom stereocenters. The molecule has 0 spiro atoms. The lowest BCUT2D eigenvalue weighted by molar-refractivity contribution is 0.128. The zero-order valence-corrected chi connectivity index (χ0v) is 20.5. The fraction of sp³-hybridized carbons (Fsp3) is 0.667. The molecule has 7 heteroatoms. The lowest BCUT2D eigenvalue weighted by Gasteiger charge is -2.25. The zero-order chi connectivity index (χ0) is 19.9. The van der Waals surface area contributed by atoms with Gasteiger partial charge in [0.2, 0.25) is 0 Å². The standard InChI is InChI=1S/C21H35N3O3.HI/c1-7-27-11-10-21(8-9-21)15-23-20(22-3)24(4)14-17-13-19(26-6)18(25-5)12-16(17)2;/h12-13H,7-11,14-15H2,1-6H3,(H,22,23);1H.